The lowest BCUT2D eigenvalue weighted by Gasteiger charge is -2.16. The lowest BCUT2D eigenvalue weighted by Crippen LogP contribution is -2.34. The lowest BCUT2D eigenvalue weighted by atomic mass is 10.1. The molecule has 2 nitrogen and oxygen atoms in total. The summed E-state index contributed by atoms with van der Waals surface area (Å²) in [5, 5.41) is 12.5. The maximum absolute atomic E-state index is 9.31. The Labute approximate surface area is 63.6 Å². The van der Waals surface area contributed by atoms with Crippen LogP contribution in [0.5, 0.6) is 0 Å². The van der Waals surface area contributed by atoms with Crippen LogP contribution >= 0.6 is 0 Å². The third-order valence-corrected chi connectivity index (χ3v) is 1.50. The highest BCUT2D eigenvalue weighted by Gasteiger charge is 2.07. The molecular weight excluding hydrogens is 126 g/mol. The first-order valence-electron chi connectivity index (χ1n) is 3.95. The highest BCUT2D eigenvalue weighted by atomic mass is 16.3. The zero-order chi connectivity index (χ0) is 8.15. The molecule has 2 N–H and O–H groups in total. The molecule has 0 aliphatic heterocycles. The van der Waals surface area contributed by atoms with Crippen LogP contribution in [0.4, 0.5) is 0 Å². The molecular formula is C8H19NO. The van der Waals surface area contributed by atoms with Crippen LogP contribution in [0.2, 0.25) is 0 Å². The second-order valence-electron chi connectivity index (χ2n) is 3.37. The molecule has 1 unspecified atom stereocenters. The van der Waals surface area contributed by atoms with Gasteiger partial charge in [-0.25, -0.2) is 0 Å². The van der Waals surface area contributed by atoms with E-state index in [0.29, 0.717) is 18.5 Å². The Morgan fingerprint density at radius 2 is 1.70 bits per heavy atom. The molecule has 0 saturated heterocycles. The fourth-order valence-corrected chi connectivity index (χ4v) is 0.592. The summed E-state index contributed by atoms with van der Waals surface area (Å²) in [6.45, 7) is 8.90. The van der Waals surface area contributed by atoms with E-state index in [1.165, 1.54) is 0 Å². The first-order chi connectivity index (χ1) is 4.54. The molecule has 2 heteroatoms. The van der Waals surface area contributed by atoms with E-state index in [-0.39, 0.29) is 6.10 Å². The molecule has 62 valence electrons. The highest BCUT2D eigenvalue weighted by Crippen LogP contribution is 1.98. The molecule has 0 aliphatic rings. The van der Waals surface area contributed by atoms with Crippen molar-refractivity contribution in [1.82, 2.24) is 5.32 Å². The van der Waals surface area contributed by atoms with Gasteiger partial charge in [-0.1, -0.05) is 27.7 Å². The third-order valence-electron chi connectivity index (χ3n) is 1.50. The average Bonchev–Trinajstić information content (AvgIpc) is 1.82. The van der Waals surface area contributed by atoms with Gasteiger partial charge in [-0.2, -0.15) is 0 Å². The van der Waals surface area contributed by atoms with Crippen LogP contribution in [-0.4, -0.2) is 23.8 Å². The van der Waals surface area contributed by atoms with Crippen molar-refractivity contribution >= 4 is 0 Å². The number of hydrogen-bond acceptors (Lipinski definition) is 2. The second-order valence-corrected chi connectivity index (χ2v) is 3.37. The monoisotopic (exact) mass is 145 g/mol. The van der Waals surface area contributed by atoms with Crippen LogP contribution < -0.4 is 5.32 Å². The van der Waals surface area contributed by atoms with Crippen molar-refractivity contribution < 1.29 is 5.11 Å². The molecule has 0 aromatic heterocycles. The predicted octanol–water partition coefficient (Wildman–Crippen LogP) is 1.00. The molecule has 0 aromatic rings. The van der Waals surface area contributed by atoms with Gasteiger partial charge in [-0.3, -0.25) is 0 Å². The highest BCUT2D eigenvalue weighted by molar-refractivity contribution is 4.64. The van der Waals surface area contributed by atoms with E-state index < -0.39 is 0 Å². The summed E-state index contributed by atoms with van der Waals surface area (Å²) in [5.41, 5.74) is 0. The minimum atomic E-state index is -0.206. The van der Waals surface area contributed by atoms with Crippen molar-refractivity contribution in [3.05, 3.63) is 0 Å². The minimum absolute atomic E-state index is 0.206. The van der Waals surface area contributed by atoms with Gasteiger partial charge in [0.1, 0.15) is 0 Å². The summed E-state index contributed by atoms with van der Waals surface area (Å²) in [6.07, 6.45) is -0.206. The van der Waals surface area contributed by atoms with Gasteiger partial charge in [0.05, 0.1) is 6.10 Å². The van der Waals surface area contributed by atoms with Gasteiger partial charge in [0.15, 0.2) is 0 Å². The maximum atomic E-state index is 9.31. The van der Waals surface area contributed by atoms with Crippen molar-refractivity contribution in [3.8, 4) is 0 Å². The SMILES string of the molecule is CC(C)NCC(O)C(C)C. The molecule has 0 radical (unpaired) electrons. The number of rotatable bonds is 4. The predicted molar refractivity (Wildman–Crippen MR) is 44.0 cm³/mol. The van der Waals surface area contributed by atoms with E-state index in [4.69, 9.17) is 0 Å². The zero-order valence-corrected chi connectivity index (χ0v) is 7.39. The summed E-state index contributed by atoms with van der Waals surface area (Å²) >= 11 is 0. The minimum Gasteiger partial charge on any atom is -0.392 e. The molecule has 0 heterocycles. The fourth-order valence-electron chi connectivity index (χ4n) is 0.592. The number of aliphatic hydroxyl groups excluding tert-OH is 1. The van der Waals surface area contributed by atoms with E-state index in [2.05, 4.69) is 19.2 Å². The van der Waals surface area contributed by atoms with Crippen molar-refractivity contribution in [2.45, 2.75) is 39.8 Å². The Bertz CT molecular complexity index is 81.3. The summed E-state index contributed by atoms with van der Waals surface area (Å²) in [6, 6.07) is 0.466. The van der Waals surface area contributed by atoms with Gasteiger partial charge in [0.2, 0.25) is 0 Å². The van der Waals surface area contributed by atoms with Crippen LogP contribution in [0, 0.1) is 5.92 Å². The summed E-state index contributed by atoms with van der Waals surface area (Å²) in [4.78, 5) is 0. The largest absolute Gasteiger partial charge is 0.392 e. The molecule has 0 bridgehead atoms. The third kappa shape index (κ3) is 4.77. The number of aliphatic hydroxyl groups is 1. The molecule has 10 heavy (non-hydrogen) atoms. The smallest absolute Gasteiger partial charge is 0.0687 e. The first kappa shape index (κ1) is 9.92. The van der Waals surface area contributed by atoms with Crippen LogP contribution in [0.1, 0.15) is 27.7 Å². The van der Waals surface area contributed by atoms with Crippen molar-refractivity contribution in [1.29, 1.82) is 0 Å². The van der Waals surface area contributed by atoms with Crippen LogP contribution in [-0.2, 0) is 0 Å². The van der Waals surface area contributed by atoms with E-state index in [1.807, 2.05) is 13.8 Å². The van der Waals surface area contributed by atoms with Gasteiger partial charge in [-0.15, -0.1) is 0 Å². The first-order valence-corrected chi connectivity index (χ1v) is 3.95. The number of nitrogens with one attached hydrogen (secondary N) is 1. The Hall–Kier alpha value is -0.0800. The van der Waals surface area contributed by atoms with Gasteiger partial charge in [0, 0.05) is 12.6 Å². The maximum Gasteiger partial charge on any atom is 0.0687 e. The van der Waals surface area contributed by atoms with Crippen LogP contribution in [0.3, 0.4) is 0 Å². The molecule has 0 aromatic carbocycles. The number of hydrogen-bond donors (Lipinski definition) is 2. The zero-order valence-electron chi connectivity index (χ0n) is 7.39. The summed E-state index contributed by atoms with van der Waals surface area (Å²) < 4.78 is 0. The molecule has 0 rings (SSSR count). The van der Waals surface area contributed by atoms with Gasteiger partial charge < -0.3 is 10.4 Å². The second kappa shape index (κ2) is 4.69. The van der Waals surface area contributed by atoms with Gasteiger partial charge in [-0.05, 0) is 5.92 Å². The Kier molecular flexibility index (Phi) is 4.65. The van der Waals surface area contributed by atoms with Crippen molar-refractivity contribution in [2.24, 2.45) is 5.92 Å². The van der Waals surface area contributed by atoms with Gasteiger partial charge in [0.25, 0.3) is 0 Å². The van der Waals surface area contributed by atoms with E-state index in [0.717, 1.165) is 0 Å². The average molecular weight is 145 g/mol. The summed E-state index contributed by atoms with van der Waals surface area (Å²) in [7, 11) is 0. The standard InChI is InChI=1S/C8H19NO/c1-6(2)8(10)5-9-7(3)4/h6-10H,5H2,1-4H3. The molecule has 0 saturated carbocycles. The van der Waals surface area contributed by atoms with E-state index >= 15 is 0 Å². The molecule has 0 aliphatic carbocycles. The normalized spacial score (nSPS) is 14.7. The quantitative estimate of drug-likeness (QED) is 0.618. The van der Waals surface area contributed by atoms with Crippen molar-refractivity contribution in [2.75, 3.05) is 6.54 Å². The van der Waals surface area contributed by atoms with Gasteiger partial charge >= 0.3 is 0 Å². The molecule has 0 spiro atoms. The Morgan fingerprint density at radius 1 is 1.20 bits per heavy atom. The van der Waals surface area contributed by atoms with Crippen molar-refractivity contribution in [3.63, 3.8) is 0 Å². The Balaban J connectivity index is 3.30. The molecule has 1 atom stereocenters. The topological polar surface area (TPSA) is 32.3 Å². The van der Waals surface area contributed by atoms with Crippen LogP contribution in [0.25, 0.3) is 0 Å². The molecule has 0 amide bonds. The van der Waals surface area contributed by atoms with Crippen LogP contribution in [0.15, 0.2) is 0 Å². The van der Waals surface area contributed by atoms with E-state index in [9.17, 15) is 5.11 Å². The Morgan fingerprint density at radius 3 is 2.00 bits per heavy atom. The lowest BCUT2D eigenvalue weighted by molar-refractivity contribution is 0.121. The summed E-state index contributed by atoms with van der Waals surface area (Å²) in [5.74, 6) is 0.353. The van der Waals surface area contributed by atoms with E-state index in [1.54, 1.807) is 0 Å². The fraction of sp³-hybridized carbons (Fsp3) is 1.00. The molecule has 0 fully saturated rings.